The maximum Gasteiger partial charge on any atom is 0.270 e. The Kier molecular flexibility index (Phi) is 6.18. The van der Waals surface area contributed by atoms with Crippen LogP contribution in [0.2, 0.25) is 0 Å². The SMILES string of the molecule is COc1ccc(N2CCC(NC(=O)c3csc(-c4ccccc4OC)n3)CC2)cc1. The molecule has 1 saturated heterocycles. The van der Waals surface area contributed by atoms with Crippen LogP contribution in [0.15, 0.2) is 53.9 Å². The first-order valence-corrected chi connectivity index (χ1v) is 10.8. The first-order chi connectivity index (χ1) is 14.7. The summed E-state index contributed by atoms with van der Waals surface area (Å²) in [5, 5.41) is 5.74. The normalized spacial score (nSPS) is 14.4. The summed E-state index contributed by atoms with van der Waals surface area (Å²) in [7, 11) is 3.31. The number of hydrogen-bond acceptors (Lipinski definition) is 6. The summed E-state index contributed by atoms with van der Waals surface area (Å²) in [6.07, 6.45) is 1.81. The molecule has 0 aliphatic carbocycles. The molecule has 156 valence electrons. The number of aromatic nitrogens is 1. The third-order valence-electron chi connectivity index (χ3n) is 5.34. The van der Waals surface area contributed by atoms with Crippen molar-refractivity contribution in [3.05, 3.63) is 59.6 Å². The van der Waals surface area contributed by atoms with Gasteiger partial charge in [-0.25, -0.2) is 4.98 Å². The number of benzene rings is 2. The summed E-state index contributed by atoms with van der Waals surface area (Å²) in [4.78, 5) is 19.6. The second-order valence-electron chi connectivity index (χ2n) is 7.17. The highest BCUT2D eigenvalue weighted by atomic mass is 32.1. The van der Waals surface area contributed by atoms with Gasteiger partial charge in [0.25, 0.3) is 5.91 Å². The van der Waals surface area contributed by atoms with Crippen molar-refractivity contribution < 1.29 is 14.3 Å². The molecule has 0 saturated carbocycles. The van der Waals surface area contributed by atoms with Crippen molar-refractivity contribution in [2.75, 3.05) is 32.2 Å². The van der Waals surface area contributed by atoms with Crippen molar-refractivity contribution in [2.45, 2.75) is 18.9 Å². The maximum absolute atomic E-state index is 12.7. The van der Waals surface area contributed by atoms with Gasteiger partial charge in [-0.15, -0.1) is 11.3 Å². The van der Waals surface area contributed by atoms with E-state index in [1.54, 1.807) is 14.2 Å². The number of rotatable bonds is 6. The molecule has 2 heterocycles. The van der Waals surface area contributed by atoms with E-state index in [9.17, 15) is 4.79 Å². The fourth-order valence-electron chi connectivity index (χ4n) is 3.66. The van der Waals surface area contributed by atoms with Crippen LogP contribution in [0.3, 0.4) is 0 Å². The van der Waals surface area contributed by atoms with Crippen LogP contribution in [0.4, 0.5) is 5.69 Å². The minimum atomic E-state index is -0.115. The zero-order valence-corrected chi connectivity index (χ0v) is 17.9. The van der Waals surface area contributed by atoms with E-state index in [0.717, 1.165) is 48.0 Å². The molecule has 1 aliphatic heterocycles. The van der Waals surface area contributed by atoms with Crippen LogP contribution in [0, 0.1) is 0 Å². The zero-order chi connectivity index (χ0) is 20.9. The van der Waals surface area contributed by atoms with Gasteiger partial charge in [-0.3, -0.25) is 4.79 Å². The highest BCUT2D eigenvalue weighted by molar-refractivity contribution is 7.13. The van der Waals surface area contributed by atoms with Gasteiger partial charge >= 0.3 is 0 Å². The minimum Gasteiger partial charge on any atom is -0.497 e. The fourth-order valence-corrected chi connectivity index (χ4v) is 4.49. The van der Waals surface area contributed by atoms with E-state index in [4.69, 9.17) is 9.47 Å². The molecule has 3 aromatic rings. The second-order valence-corrected chi connectivity index (χ2v) is 8.03. The molecule has 7 heteroatoms. The highest BCUT2D eigenvalue weighted by Gasteiger charge is 2.23. The van der Waals surface area contributed by atoms with E-state index in [1.165, 1.54) is 17.0 Å². The molecule has 4 rings (SSSR count). The molecule has 1 fully saturated rings. The van der Waals surface area contributed by atoms with Gasteiger partial charge in [0.15, 0.2) is 0 Å². The van der Waals surface area contributed by atoms with Gasteiger partial charge in [0.2, 0.25) is 0 Å². The number of anilines is 1. The Morgan fingerprint density at radius 3 is 2.50 bits per heavy atom. The predicted molar refractivity (Wildman–Crippen MR) is 120 cm³/mol. The molecular weight excluding hydrogens is 398 g/mol. The van der Waals surface area contributed by atoms with Gasteiger partial charge in [-0.1, -0.05) is 12.1 Å². The minimum absolute atomic E-state index is 0.115. The Morgan fingerprint density at radius 2 is 1.80 bits per heavy atom. The van der Waals surface area contributed by atoms with Crippen molar-refractivity contribution in [1.82, 2.24) is 10.3 Å². The van der Waals surface area contributed by atoms with E-state index in [2.05, 4.69) is 27.3 Å². The topological polar surface area (TPSA) is 63.7 Å². The van der Waals surface area contributed by atoms with Crippen LogP contribution in [-0.4, -0.2) is 44.2 Å². The first-order valence-electron chi connectivity index (χ1n) is 9.96. The molecule has 0 spiro atoms. The number of para-hydroxylation sites is 1. The molecule has 30 heavy (non-hydrogen) atoms. The number of thiazole rings is 1. The number of nitrogens with zero attached hydrogens (tertiary/aromatic N) is 2. The Balaban J connectivity index is 1.34. The Bertz CT molecular complexity index is 995. The number of hydrogen-bond donors (Lipinski definition) is 1. The lowest BCUT2D eigenvalue weighted by Gasteiger charge is -2.33. The summed E-state index contributed by atoms with van der Waals surface area (Å²) in [6.45, 7) is 1.81. The number of carbonyl (C=O) groups excluding carboxylic acids is 1. The molecule has 0 radical (unpaired) electrons. The van der Waals surface area contributed by atoms with Gasteiger partial charge in [0.1, 0.15) is 22.2 Å². The number of carbonyl (C=O) groups is 1. The standard InChI is InChI=1S/C23H25N3O3S/c1-28-18-9-7-17(8-10-18)26-13-11-16(12-14-26)24-22(27)20-15-30-23(25-20)19-5-3-4-6-21(19)29-2/h3-10,15-16H,11-14H2,1-2H3,(H,24,27). The zero-order valence-electron chi connectivity index (χ0n) is 17.1. The van der Waals surface area contributed by atoms with E-state index in [1.807, 2.05) is 41.8 Å². The van der Waals surface area contributed by atoms with Crippen molar-refractivity contribution in [1.29, 1.82) is 0 Å². The van der Waals surface area contributed by atoms with Crippen LogP contribution >= 0.6 is 11.3 Å². The quantitative estimate of drug-likeness (QED) is 0.643. The average molecular weight is 424 g/mol. The van der Waals surface area contributed by atoms with Crippen LogP contribution < -0.4 is 19.7 Å². The fraction of sp³-hybridized carbons (Fsp3) is 0.304. The number of ether oxygens (including phenoxy) is 2. The van der Waals surface area contributed by atoms with Gasteiger partial charge in [0.05, 0.1) is 19.8 Å². The van der Waals surface area contributed by atoms with Crippen molar-refractivity contribution in [3.63, 3.8) is 0 Å². The third kappa shape index (κ3) is 4.41. The molecule has 1 aliphatic rings. The van der Waals surface area contributed by atoms with Crippen molar-refractivity contribution in [2.24, 2.45) is 0 Å². The lowest BCUT2D eigenvalue weighted by molar-refractivity contribution is 0.0927. The third-order valence-corrected chi connectivity index (χ3v) is 6.22. The molecule has 0 atom stereocenters. The summed E-state index contributed by atoms with van der Waals surface area (Å²) in [6, 6.07) is 16.0. The van der Waals surface area contributed by atoms with Gasteiger partial charge in [-0.05, 0) is 49.2 Å². The number of nitrogens with one attached hydrogen (secondary N) is 1. The molecule has 0 bridgehead atoms. The van der Waals surface area contributed by atoms with Gasteiger partial charge in [-0.2, -0.15) is 0 Å². The van der Waals surface area contributed by atoms with Crippen LogP contribution in [0.25, 0.3) is 10.6 Å². The van der Waals surface area contributed by atoms with E-state index < -0.39 is 0 Å². The van der Waals surface area contributed by atoms with Crippen LogP contribution in [-0.2, 0) is 0 Å². The predicted octanol–water partition coefficient (Wildman–Crippen LogP) is 4.23. The molecule has 1 amide bonds. The van der Waals surface area contributed by atoms with E-state index in [0.29, 0.717) is 5.69 Å². The Labute approximate surface area is 180 Å². The van der Waals surface area contributed by atoms with Crippen molar-refractivity contribution in [3.8, 4) is 22.1 Å². The van der Waals surface area contributed by atoms with Crippen molar-refractivity contribution >= 4 is 22.9 Å². The smallest absolute Gasteiger partial charge is 0.270 e. The molecule has 2 aromatic carbocycles. The number of amides is 1. The van der Waals surface area contributed by atoms with Crippen LogP contribution in [0.5, 0.6) is 11.5 Å². The maximum atomic E-state index is 12.7. The van der Waals surface area contributed by atoms with Gasteiger partial charge < -0.3 is 19.7 Å². The monoisotopic (exact) mass is 423 g/mol. The Hall–Kier alpha value is -3.06. The highest BCUT2D eigenvalue weighted by Crippen LogP contribution is 2.32. The average Bonchev–Trinajstić information content (AvgIpc) is 3.30. The molecule has 1 N–H and O–H groups in total. The number of methoxy groups -OCH3 is 2. The van der Waals surface area contributed by atoms with E-state index >= 15 is 0 Å². The molecule has 6 nitrogen and oxygen atoms in total. The second kappa shape index (κ2) is 9.17. The molecular formula is C23H25N3O3S. The lowest BCUT2D eigenvalue weighted by atomic mass is 10.0. The largest absolute Gasteiger partial charge is 0.497 e. The Morgan fingerprint density at radius 1 is 1.07 bits per heavy atom. The summed E-state index contributed by atoms with van der Waals surface area (Å²) >= 11 is 1.45. The molecule has 1 aromatic heterocycles. The lowest BCUT2D eigenvalue weighted by Crippen LogP contribution is -2.44. The molecule has 0 unspecified atom stereocenters. The summed E-state index contributed by atoms with van der Waals surface area (Å²) < 4.78 is 10.6. The van der Waals surface area contributed by atoms with Crippen LogP contribution in [0.1, 0.15) is 23.3 Å². The van der Waals surface area contributed by atoms with E-state index in [-0.39, 0.29) is 11.9 Å². The van der Waals surface area contributed by atoms with Gasteiger partial charge in [0, 0.05) is 30.2 Å². The summed E-state index contributed by atoms with van der Waals surface area (Å²) in [5.74, 6) is 1.50. The summed E-state index contributed by atoms with van der Waals surface area (Å²) in [5.41, 5.74) is 2.54. The first kappa shape index (κ1) is 20.2. The number of piperidine rings is 1.